The van der Waals surface area contributed by atoms with Crippen molar-refractivity contribution in [3.63, 3.8) is 0 Å². The van der Waals surface area contributed by atoms with Gasteiger partial charge in [0.15, 0.2) is 0 Å². The molecule has 4 rings (SSSR count). The van der Waals surface area contributed by atoms with Crippen molar-refractivity contribution < 1.29 is 0 Å². The Kier molecular flexibility index (Phi) is 4.23. The molecule has 8 atom stereocenters. The van der Waals surface area contributed by atoms with Crippen molar-refractivity contribution in [2.24, 2.45) is 46.3 Å². The summed E-state index contributed by atoms with van der Waals surface area (Å²) in [5.41, 5.74) is 2.48. The van der Waals surface area contributed by atoms with E-state index in [0.717, 1.165) is 35.5 Å². The number of alkyl halides is 1. The quantitative estimate of drug-likeness (QED) is 0.378. The molecule has 0 saturated heterocycles. The minimum absolute atomic E-state index is 0.410. The minimum Gasteiger partial charge on any atom is -0.126 e. The highest BCUT2D eigenvalue weighted by molar-refractivity contribution is 6.18. The van der Waals surface area contributed by atoms with Gasteiger partial charge >= 0.3 is 0 Å². The van der Waals surface area contributed by atoms with Gasteiger partial charge in [-0.25, -0.2) is 0 Å². The van der Waals surface area contributed by atoms with Crippen molar-refractivity contribution in [2.45, 2.75) is 65.2 Å². The Hall–Kier alpha value is -0.230. The van der Waals surface area contributed by atoms with E-state index in [9.17, 15) is 0 Å². The second-order valence-corrected chi connectivity index (χ2v) is 10.2. The number of rotatable bonds is 2. The summed E-state index contributed by atoms with van der Waals surface area (Å²) >= 11 is 6.51. The molecule has 4 saturated carbocycles. The van der Waals surface area contributed by atoms with Gasteiger partial charge < -0.3 is 0 Å². The molecular formula is C23H35Cl. The summed E-state index contributed by atoms with van der Waals surface area (Å²) in [5, 5.41) is 0. The third kappa shape index (κ3) is 2.11. The van der Waals surface area contributed by atoms with Gasteiger partial charge in [-0.3, -0.25) is 0 Å². The molecule has 0 spiro atoms. The molecule has 0 heterocycles. The Bertz CT molecular complexity index is 536. The molecule has 0 nitrogen and oxygen atoms in total. The Morgan fingerprint density at radius 1 is 1.12 bits per heavy atom. The summed E-state index contributed by atoms with van der Waals surface area (Å²) in [6.45, 7) is 14.0. The van der Waals surface area contributed by atoms with Gasteiger partial charge in [-0.15, -0.1) is 18.2 Å². The molecular weight excluding hydrogens is 312 g/mol. The van der Waals surface area contributed by atoms with E-state index in [4.69, 9.17) is 11.6 Å². The predicted octanol–water partition coefficient (Wildman–Crippen LogP) is 6.85. The molecule has 0 N–H and O–H groups in total. The van der Waals surface area contributed by atoms with Gasteiger partial charge in [0.2, 0.25) is 0 Å². The van der Waals surface area contributed by atoms with E-state index in [0.29, 0.717) is 16.7 Å². The normalized spacial score (nSPS) is 53.9. The van der Waals surface area contributed by atoms with Crippen LogP contribution < -0.4 is 0 Å². The fraction of sp³-hybridized carbons (Fsp3) is 0.826. The van der Waals surface area contributed by atoms with Gasteiger partial charge in [0, 0.05) is 5.88 Å². The average Bonchev–Trinajstić information content (AvgIpc) is 2.91. The molecule has 4 aliphatic carbocycles. The fourth-order valence-electron chi connectivity index (χ4n) is 8.14. The van der Waals surface area contributed by atoms with Gasteiger partial charge in [0.25, 0.3) is 0 Å². The topological polar surface area (TPSA) is 0 Å². The number of allylic oxidation sites excluding steroid dienone is 2. The summed E-state index contributed by atoms with van der Waals surface area (Å²) in [6, 6.07) is 0. The molecule has 0 aromatic heterocycles. The molecule has 24 heavy (non-hydrogen) atoms. The van der Waals surface area contributed by atoms with E-state index in [-0.39, 0.29) is 0 Å². The summed E-state index contributed by atoms with van der Waals surface area (Å²) in [4.78, 5) is 0. The van der Waals surface area contributed by atoms with E-state index in [1.807, 2.05) is 0 Å². The Balaban J connectivity index is 1.72. The lowest BCUT2D eigenvalue weighted by molar-refractivity contribution is -0.109. The molecule has 1 heteroatoms. The predicted molar refractivity (Wildman–Crippen MR) is 104 cm³/mol. The maximum absolute atomic E-state index is 6.51. The molecule has 0 radical (unpaired) electrons. The molecule has 4 fully saturated rings. The lowest BCUT2D eigenvalue weighted by Crippen LogP contribution is -2.56. The largest absolute Gasteiger partial charge is 0.126 e. The van der Waals surface area contributed by atoms with Crippen LogP contribution in [0.4, 0.5) is 0 Å². The molecule has 0 bridgehead atoms. The second kappa shape index (κ2) is 5.90. The van der Waals surface area contributed by atoms with Crippen LogP contribution in [0.15, 0.2) is 24.8 Å². The van der Waals surface area contributed by atoms with Crippen molar-refractivity contribution in [1.29, 1.82) is 0 Å². The Morgan fingerprint density at radius 3 is 2.62 bits per heavy atom. The lowest BCUT2D eigenvalue weighted by atomic mass is 9.42. The molecule has 4 aliphatic rings. The van der Waals surface area contributed by atoms with Crippen molar-refractivity contribution in [1.82, 2.24) is 0 Å². The highest BCUT2D eigenvalue weighted by atomic mass is 35.5. The maximum atomic E-state index is 6.51. The SMILES string of the molecule is C=C[C@H]1CC[C@H]2[C@@H]3CC(=C)C4CCC[C@H](CCl)[C@]4(C)[C@H]3CC[C@]12C. The summed E-state index contributed by atoms with van der Waals surface area (Å²) in [7, 11) is 0. The monoisotopic (exact) mass is 346 g/mol. The Morgan fingerprint density at radius 2 is 1.92 bits per heavy atom. The highest BCUT2D eigenvalue weighted by Crippen LogP contribution is 2.69. The first kappa shape index (κ1) is 17.2. The van der Waals surface area contributed by atoms with Gasteiger partial charge in [0.1, 0.15) is 0 Å². The first-order valence-corrected chi connectivity index (χ1v) is 10.9. The minimum atomic E-state index is 0.410. The lowest BCUT2D eigenvalue weighted by Gasteiger charge is -2.63. The summed E-state index contributed by atoms with van der Waals surface area (Å²) in [6.07, 6.45) is 13.2. The molecule has 0 aliphatic heterocycles. The van der Waals surface area contributed by atoms with Crippen LogP contribution in [-0.2, 0) is 0 Å². The zero-order valence-corrected chi connectivity index (χ0v) is 16.5. The molecule has 0 aromatic carbocycles. The van der Waals surface area contributed by atoms with Crippen LogP contribution in [-0.4, -0.2) is 5.88 Å². The zero-order valence-electron chi connectivity index (χ0n) is 15.7. The number of hydrogen-bond acceptors (Lipinski definition) is 0. The van der Waals surface area contributed by atoms with Crippen LogP contribution in [0.5, 0.6) is 0 Å². The first-order valence-electron chi connectivity index (χ1n) is 10.3. The van der Waals surface area contributed by atoms with E-state index < -0.39 is 0 Å². The number of hydrogen-bond donors (Lipinski definition) is 0. The van der Waals surface area contributed by atoms with E-state index in [1.165, 1.54) is 51.4 Å². The highest BCUT2D eigenvalue weighted by Gasteiger charge is 2.61. The van der Waals surface area contributed by atoms with Crippen LogP contribution in [0.3, 0.4) is 0 Å². The van der Waals surface area contributed by atoms with Crippen molar-refractivity contribution in [3.8, 4) is 0 Å². The van der Waals surface area contributed by atoms with Crippen molar-refractivity contribution in [3.05, 3.63) is 24.8 Å². The molecule has 0 amide bonds. The van der Waals surface area contributed by atoms with E-state index in [1.54, 1.807) is 5.57 Å². The Labute approximate surface area is 154 Å². The van der Waals surface area contributed by atoms with Gasteiger partial charge in [-0.2, -0.15) is 0 Å². The van der Waals surface area contributed by atoms with Gasteiger partial charge in [0.05, 0.1) is 0 Å². The molecule has 1 unspecified atom stereocenters. The summed E-state index contributed by atoms with van der Waals surface area (Å²) in [5.74, 6) is 5.62. The van der Waals surface area contributed by atoms with Gasteiger partial charge in [-0.05, 0) is 91.3 Å². The van der Waals surface area contributed by atoms with Gasteiger partial charge in [-0.1, -0.05) is 38.5 Å². The number of fused-ring (bicyclic) bond motifs is 5. The smallest absolute Gasteiger partial charge is 0.0257 e. The van der Waals surface area contributed by atoms with Crippen molar-refractivity contribution in [2.75, 3.05) is 5.88 Å². The maximum Gasteiger partial charge on any atom is 0.0257 e. The third-order valence-corrected chi connectivity index (χ3v) is 9.82. The van der Waals surface area contributed by atoms with Crippen LogP contribution in [0.2, 0.25) is 0 Å². The number of halogens is 1. The average molecular weight is 347 g/mol. The second-order valence-electron chi connectivity index (χ2n) is 9.90. The zero-order chi connectivity index (χ0) is 17.1. The molecule has 0 aromatic rings. The van der Waals surface area contributed by atoms with Crippen LogP contribution >= 0.6 is 11.6 Å². The van der Waals surface area contributed by atoms with E-state index >= 15 is 0 Å². The van der Waals surface area contributed by atoms with E-state index in [2.05, 4.69) is 33.1 Å². The van der Waals surface area contributed by atoms with Crippen LogP contribution in [0.25, 0.3) is 0 Å². The van der Waals surface area contributed by atoms with Crippen LogP contribution in [0, 0.1) is 46.3 Å². The standard InChI is InChI=1S/C23H35Cl/c1-5-16-9-10-20-18-13-15(2)19-8-6-7-17(14-24)23(19,4)21(18)11-12-22(16,20)3/h5,16-21H,1-2,6-14H2,3-4H3/t16-,17+,18-,19?,20-,21-,22+,23-/m0/s1. The van der Waals surface area contributed by atoms with Crippen LogP contribution in [0.1, 0.15) is 65.2 Å². The van der Waals surface area contributed by atoms with Crippen molar-refractivity contribution >= 4 is 11.6 Å². The third-order valence-electron chi connectivity index (χ3n) is 9.45. The molecule has 134 valence electrons. The first-order chi connectivity index (χ1) is 11.5. The summed E-state index contributed by atoms with van der Waals surface area (Å²) < 4.78 is 0. The fourth-order valence-corrected chi connectivity index (χ4v) is 8.63.